The normalized spacial score (nSPS) is 11.4. The second-order valence-electron chi connectivity index (χ2n) is 8.56. The highest BCUT2D eigenvalue weighted by Gasteiger charge is 2.21. The van der Waals surface area contributed by atoms with Crippen LogP contribution in [-0.4, -0.2) is 36.3 Å². The number of fused-ring (bicyclic) bond motifs is 1. The number of carbonyl (C=O) groups excluding carboxylic acids is 1. The zero-order valence-electron chi connectivity index (χ0n) is 20.7. The van der Waals surface area contributed by atoms with Gasteiger partial charge in [-0.25, -0.2) is 28.1 Å². The molecule has 9 nitrogen and oxygen atoms in total. The summed E-state index contributed by atoms with van der Waals surface area (Å²) in [4.78, 5) is 27.2. The molecule has 0 bridgehead atoms. The number of hydrogen-bond donors (Lipinski definition) is 2. The molecule has 3 heterocycles. The molecule has 0 spiro atoms. The molecule has 0 atom stereocenters. The quantitative estimate of drug-likeness (QED) is 0.273. The number of ether oxygens (including phenoxy) is 1. The molecule has 3 aromatic heterocycles. The van der Waals surface area contributed by atoms with E-state index in [0.29, 0.717) is 37.7 Å². The Morgan fingerprint density at radius 1 is 0.921 bits per heavy atom. The molecular weight excluding hydrogens is 522 g/mol. The van der Waals surface area contributed by atoms with Crippen LogP contribution in [0.5, 0.6) is 5.75 Å². The number of anilines is 2. The molecule has 0 aliphatic heterocycles. The molecule has 0 fully saturated rings. The van der Waals surface area contributed by atoms with E-state index in [9.17, 15) is 13.2 Å². The number of methoxy groups -OCH3 is 1. The van der Waals surface area contributed by atoms with Crippen LogP contribution in [-0.2, 0) is 10.0 Å². The van der Waals surface area contributed by atoms with E-state index in [1.807, 2.05) is 36.4 Å². The number of aromatic nitrogens is 3. The largest absolute Gasteiger partial charge is 0.497 e. The van der Waals surface area contributed by atoms with E-state index < -0.39 is 10.0 Å². The Labute approximate surface area is 223 Å². The van der Waals surface area contributed by atoms with Crippen molar-refractivity contribution in [2.24, 2.45) is 0 Å². The lowest BCUT2D eigenvalue weighted by Gasteiger charge is -2.08. The van der Waals surface area contributed by atoms with Gasteiger partial charge in [-0.15, -0.1) is 11.3 Å². The van der Waals surface area contributed by atoms with Crippen molar-refractivity contribution < 1.29 is 17.9 Å². The third-order valence-electron chi connectivity index (χ3n) is 5.82. The molecular formula is C27H23N5O4S2. The van der Waals surface area contributed by atoms with Crippen LogP contribution in [0.15, 0.2) is 71.6 Å². The Morgan fingerprint density at radius 3 is 2.21 bits per heavy atom. The fourth-order valence-electron chi connectivity index (χ4n) is 3.96. The number of nitrogens with one attached hydrogen (secondary N) is 1. The van der Waals surface area contributed by atoms with Gasteiger partial charge in [0.1, 0.15) is 15.5 Å². The molecule has 0 saturated carbocycles. The first-order chi connectivity index (χ1) is 18.1. The molecule has 5 aromatic rings. The van der Waals surface area contributed by atoms with Gasteiger partial charge in [0.25, 0.3) is 10.0 Å². The lowest BCUT2D eigenvalue weighted by Crippen LogP contribution is -2.16. The van der Waals surface area contributed by atoms with E-state index in [0.717, 1.165) is 17.0 Å². The van der Waals surface area contributed by atoms with Crippen LogP contribution < -0.4 is 15.2 Å². The van der Waals surface area contributed by atoms with Crippen molar-refractivity contribution >= 4 is 49.0 Å². The lowest BCUT2D eigenvalue weighted by molar-refractivity contribution is 0.104. The summed E-state index contributed by atoms with van der Waals surface area (Å²) >= 11 is 1.20. The number of sulfonamides is 1. The molecule has 2 aromatic carbocycles. The van der Waals surface area contributed by atoms with Gasteiger partial charge in [0, 0.05) is 27.9 Å². The first-order valence-electron chi connectivity index (χ1n) is 11.5. The fraction of sp³-hybridized carbons (Fsp3) is 0.111. The smallest absolute Gasteiger partial charge is 0.264 e. The van der Waals surface area contributed by atoms with Crippen molar-refractivity contribution in [1.82, 2.24) is 15.0 Å². The number of benzene rings is 2. The third kappa shape index (κ3) is 4.93. The van der Waals surface area contributed by atoms with Gasteiger partial charge < -0.3 is 10.5 Å². The van der Waals surface area contributed by atoms with Crippen molar-refractivity contribution in [2.75, 3.05) is 17.6 Å². The second kappa shape index (κ2) is 9.84. The van der Waals surface area contributed by atoms with Gasteiger partial charge in [0.2, 0.25) is 11.7 Å². The van der Waals surface area contributed by atoms with Gasteiger partial charge in [-0.2, -0.15) is 0 Å². The molecule has 3 N–H and O–H groups in total. The molecule has 38 heavy (non-hydrogen) atoms. The highest BCUT2D eigenvalue weighted by Crippen LogP contribution is 2.36. The number of thiophene rings is 1. The predicted molar refractivity (Wildman–Crippen MR) is 148 cm³/mol. The minimum atomic E-state index is -3.94. The summed E-state index contributed by atoms with van der Waals surface area (Å²) in [7, 11) is -2.34. The van der Waals surface area contributed by atoms with Gasteiger partial charge in [0.05, 0.1) is 23.4 Å². The van der Waals surface area contributed by atoms with E-state index in [1.54, 1.807) is 27.0 Å². The fourth-order valence-corrected chi connectivity index (χ4v) is 5.96. The number of nitrogens with zero attached hydrogens (tertiary/aromatic N) is 3. The number of rotatable bonds is 7. The summed E-state index contributed by atoms with van der Waals surface area (Å²) in [6.45, 7) is 3.50. The Bertz CT molecular complexity index is 1760. The summed E-state index contributed by atoms with van der Waals surface area (Å²) in [5.41, 5.74) is 9.91. The average Bonchev–Trinajstić information content (AvgIpc) is 3.23. The molecule has 0 aliphatic carbocycles. The van der Waals surface area contributed by atoms with Gasteiger partial charge in [-0.1, -0.05) is 0 Å². The standard InChI is InChI=1S/C27H23N5O4S2/c1-15-14-16(2)30-27(29-15)32-38(34,35)20-10-6-18(7-11-20)24(33)25-23(28)21-12-13-22(31-26(21)37-25)17-4-8-19(36-3)9-5-17/h4-14H,28H2,1-3H3,(H,29,30,32). The van der Waals surface area contributed by atoms with Gasteiger partial charge in [-0.05, 0) is 80.6 Å². The van der Waals surface area contributed by atoms with E-state index >= 15 is 0 Å². The lowest BCUT2D eigenvalue weighted by atomic mass is 10.1. The van der Waals surface area contributed by atoms with E-state index in [-0.39, 0.29) is 16.6 Å². The zero-order valence-corrected chi connectivity index (χ0v) is 22.4. The highest BCUT2D eigenvalue weighted by atomic mass is 32.2. The molecule has 192 valence electrons. The Kier molecular flexibility index (Phi) is 6.55. The van der Waals surface area contributed by atoms with Crippen molar-refractivity contribution in [3.63, 3.8) is 0 Å². The molecule has 5 rings (SSSR count). The van der Waals surface area contributed by atoms with Crippen molar-refractivity contribution in [1.29, 1.82) is 0 Å². The monoisotopic (exact) mass is 545 g/mol. The van der Waals surface area contributed by atoms with Crippen LogP contribution in [0.3, 0.4) is 0 Å². The predicted octanol–water partition coefficient (Wildman–Crippen LogP) is 4.99. The van der Waals surface area contributed by atoms with Crippen LogP contribution in [0.1, 0.15) is 26.6 Å². The summed E-state index contributed by atoms with van der Waals surface area (Å²) in [5, 5.41) is 0.687. The molecule has 0 radical (unpaired) electrons. The number of aryl methyl sites for hydroxylation is 2. The van der Waals surface area contributed by atoms with Crippen LogP contribution in [0, 0.1) is 13.8 Å². The number of hydrogen-bond acceptors (Lipinski definition) is 9. The van der Waals surface area contributed by atoms with Crippen LogP contribution in [0.25, 0.3) is 21.5 Å². The number of pyridine rings is 1. The van der Waals surface area contributed by atoms with Gasteiger partial charge >= 0.3 is 0 Å². The van der Waals surface area contributed by atoms with E-state index in [1.165, 1.54) is 35.6 Å². The molecule has 0 saturated heterocycles. The van der Waals surface area contributed by atoms with Gasteiger partial charge in [0.15, 0.2) is 0 Å². The van der Waals surface area contributed by atoms with Crippen molar-refractivity contribution in [3.05, 3.63) is 88.6 Å². The minimum absolute atomic E-state index is 0.0118. The first kappa shape index (κ1) is 25.3. The topological polar surface area (TPSA) is 137 Å². The zero-order chi connectivity index (χ0) is 27.0. The molecule has 0 unspecified atom stereocenters. The Morgan fingerprint density at radius 2 is 1.58 bits per heavy atom. The van der Waals surface area contributed by atoms with E-state index in [2.05, 4.69) is 14.7 Å². The average molecular weight is 546 g/mol. The second-order valence-corrected chi connectivity index (χ2v) is 11.2. The maximum atomic E-state index is 13.3. The summed E-state index contributed by atoms with van der Waals surface area (Å²) < 4.78 is 33.2. The Balaban J connectivity index is 1.40. The first-order valence-corrected chi connectivity index (χ1v) is 13.8. The number of nitrogens with two attached hydrogens (primary N) is 1. The Hall–Kier alpha value is -4.35. The van der Waals surface area contributed by atoms with Crippen molar-refractivity contribution in [2.45, 2.75) is 18.7 Å². The molecule has 0 aliphatic rings. The van der Waals surface area contributed by atoms with E-state index in [4.69, 9.17) is 15.5 Å². The highest BCUT2D eigenvalue weighted by molar-refractivity contribution is 7.92. The van der Waals surface area contributed by atoms with Crippen LogP contribution in [0.4, 0.5) is 11.6 Å². The van der Waals surface area contributed by atoms with Crippen LogP contribution >= 0.6 is 11.3 Å². The maximum Gasteiger partial charge on any atom is 0.264 e. The summed E-state index contributed by atoms with van der Waals surface area (Å²) in [6, 6.07) is 18.6. The third-order valence-corrected chi connectivity index (χ3v) is 8.28. The van der Waals surface area contributed by atoms with Crippen LogP contribution in [0.2, 0.25) is 0 Å². The number of ketones is 1. The molecule has 11 heteroatoms. The van der Waals surface area contributed by atoms with Gasteiger partial charge in [-0.3, -0.25) is 4.79 Å². The summed E-state index contributed by atoms with van der Waals surface area (Å²) in [5.74, 6) is 0.421. The minimum Gasteiger partial charge on any atom is -0.497 e. The molecule has 0 amide bonds. The maximum absolute atomic E-state index is 13.3. The summed E-state index contributed by atoms with van der Waals surface area (Å²) in [6.07, 6.45) is 0. The number of carbonyl (C=O) groups is 1. The number of nitrogen functional groups attached to an aromatic ring is 1. The van der Waals surface area contributed by atoms with Crippen molar-refractivity contribution in [3.8, 4) is 17.0 Å². The SMILES string of the molecule is COc1ccc(-c2ccc3c(N)c(C(=O)c4ccc(S(=O)(=O)Nc5nc(C)cc(C)n5)cc4)sc3n2)cc1.